The largest absolute Gasteiger partial charge is 0.379 e. The van der Waals surface area contributed by atoms with Gasteiger partial charge in [0.25, 0.3) is 5.91 Å². The maximum absolute atomic E-state index is 12.4. The van der Waals surface area contributed by atoms with E-state index in [-0.39, 0.29) is 18.5 Å². The summed E-state index contributed by atoms with van der Waals surface area (Å²) in [5.41, 5.74) is 6.34. The molecule has 1 aromatic heterocycles. The summed E-state index contributed by atoms with van der Waals surface area (Å²) in [7, 11) is 1.77. The minimum Gasteiger partial charge on any atom is -0.379 e. The average molecular weight is 259 g/mol. The minimum atomic E-state index is -0.127. The van der Waals surface area contributed by atoms with Crippen LogP contribution in [0.5, 0.6) is 0 Å². The van der Waals surface area contributed by atoms with Crippen molar-refractivity contribution < 1.29 is 9.53 Å². The zero-order valence-electron chi connectivity index (χ0n) is 10.9. The van der Waals surface area contributed by atoms with E-state index in [1.807, 2.05) is 0 Å². The Morgan fingerprint density at radius 3 is 3.21 bits per heavy atom. The fourth-order valence-corrected chi connectivity index (χ4v) is 1.98. The molecule has 5 heteroatoms. The number of aromatic nitrogens is 1. The number of carbonyl (C=O) groups excluding carboxylic acids is 1. The highest BCUT2D eigenvalue weighted by Crippen LogP contribution is 2.14. The molecule has 0 aromatic carbocycles. The molecule has 1 fully saturated rings. The van der Waals surface area contributed by atoms with E-state index < -0.39 is 0 Å². The quantitative estimate of drug-likeness (QED) is 0.773. The van der Waals surface area contributed by atoms with Crippen molar-refractivity contribution in [3.05, 3.63) is 29.6 Å². The number of rotatable bonds is 2. The number of amides is 1. The Kier molecular flexibility index (Phi) is 4.50. The molecule has 1 unspecified atom stereocenters. The van der Waals surface area contributed by atoms with Crippen LogP contribution < -0.4 is 5.73 Å². The van der Waals surface area contributed by atoms with Crippen molar-refractivity contribution in [1.82, 2.24) is 9.88 Å². The van der Waals surface area contributed by atoms with Gasteiger partial charge in [-0.2, -0.15) is 0 Å². The highest BCUT2D eigenvalue weighted by Gasteiger charge is 2.26. The van der Waals surface area contributed by atoms with Crippen molar-refractivity contribution in [1.29, 1.82) is 0 Å². The van der Waals surface area contributed by atoms with E-state index in [0.717, 1.165) is 6.42 Å². The highest BCUT2D eigenvalue weighted by atomic mass is 16.5. The van der Waals surface area contributed by atoms with Gasteiger partial charge in [0.05, 0.1) is 24.8 Å². The van der Waals surface area contributed by atoms with Crippen molar-refractivity contribution in [2.24, 2.45) is 5.73 Å². The molecule has 0 aliphatic carbocycles. The number of nitrogens with zero attached hydrogens (tertiary/aromatic N) is 2. The summed E-state index contributed by atoms with van der Waals surface area (Å²) in [5, 5.41) is 0. The SMILES string of the molecule is CN(C(=O)c1ncccc1C#CCN)C1CCOC1. The molecule has 19 heavy (non-hydrogen) atoms. The Hall–Kier alpha value is -1.90. The number of hydrogen-bond donors (Lipinski definition) is 1. The number of likely N-dealkylation sites (N-methyl/N-ethyl adjacent to an activating group) is 1. The van der Waals surface area contributed by atoms with Crippen LogP contribution in [0, 0.1) is 11.8 Å². The van der Waals surface area contributed by atoms with Gasteiger partial charge >= 0.3 is 0 Å². The third-order valence-corrected chi connectivity index (χ3v) is 3.11. The minimum absolute atomic E-state index is 0.116. The van der Waals surface area contributed by atoms with Crippen LogP contribution in [-0.2, 0) is 4.74 Å². The van der Waals surface area contributed by atoms with Crippen molar-refractivity contribution in [2.45, 2.75) is 12.5 Å². The third-order valence-electron chi connectivity index (χ3n) is 3.11. The van der Waals surface area contributed by atoms with Crippen LogP contribution in [0.3, 0.4) is 0 Å². The summed E-state index contributed by atoms with van der Waals surface area (Å²) in [4.78, 5) is 18.3. The molecule has 1 aromatic rings. The van der Waals surface area contributed by atoms with Crippen molar-refractivity contribution in [3.63, 3.8) is 0 Å². The maximum atomic E-state index is 12.4. The molecule has 100 valence electrons. The number of pyridine rings is 1. The molecule has 0 radical (unpaired) electrons. The van der Waals surface area contributed by atoms with Gasteiger partial charge in [0.15, 0.2) is 0 Å². The van der Waals surface area contributed by atoms with Crippen LogP contribution >= 0.6 is 0 Å². The lowest BCUT2D eigenvalue weighted by molar-refractivity contribution is 0.0705. The monoisotopic (exact) mass is 259 g/mol. The predicted octanol–water partition coefficient (Wildman–Crippen LogP) is 0.253. The van der Waals surface area contributed by atoms with E-state index in [0.29, 0.717) is 24.5 Å². The number of nitrogens with two attached hydrogens (primary N) is 1. The van der Waals surface area contributed by atoms with Gasteiger partial charge in [-0.1, -0.05) is 11.8 Å². The molecule has 1 aliphatic heterocycles. The summed E-state index contributed by atoms with van der Waals surface area (Å²) in [6.07, 6.45) is 2.46. The number of hydrogen-bond acceptors (Lipinski definition) is 4. The molecule has 1 saturated heterocycles. The second-order valence-electron chi connectivity index (χ2n) is 4.34. The Morgan fingerprint density at radius 1 is 1.68 bits per heavy atom. The first-order valence-electron chi connectivity index (χ1n) is 6.23. The number of carbonyl (C=O) groups is 1. The van der Waals surface area contributed by atoms with E-state index >= 15 is 0 Å². The molecule has 1 aliphatic rings. The molecule has 0 bridgehead atoms. The first kappa shape index (κ1) is 13.5. The Morgan fingerprint density at radius 2 is 2.53 bits per heavy atom. The Labute approximate surface area is 112 Å². The van der Waals surface area contributed by atoms with Crippen LogP contribution in [0.2, 0.25) is 0 Å². The lowest BCUT2D eigenvalue weighted by Gasteiger charge is -2.23. The fraction of sp³-hybridized carbons (Fsp3) is 0.429. The normalized spacial score (nSPS) is 17.7. The number of ether oxygens (including phenoxy) is 1. The molecule has 5 nitrogen and oxygen atoms in total. The summed E-state index contributed by atoms with van der Waals surface area (Å²) in [5.74, 6) is 5.51. The van der Waals surface area contributed by atoms with Crippen LogP contribution in [0.25, 0.3) is 0 Å². The van der Waals surface area contributed by atoms with Crippen molar-refractivity contribution in [3.8, 4) is 11.8 Å². The smallest absolute Gasteiger partial charge is 0.273 e. The van der Waals surface area contributed by atoms with Gasteiger partial charge in [-0.25, -0.2) is 4.98 Å². The molecule has 1 amide bonds. The van der Waals surface area contributed by atoms with E-state index in [2.05, 4.69) is 16.8 Å². The van der Waals surface area contributed by atoms with Crippen molar-refractivity contribution in [2.75, 3.05) is 26.8 Å². The summed E-state index contributed by atoms with van der Waals surface area (Å²) < 4.78 is 5.30. The first-order valence-corrected chi connectivity index (χ1v) is 6.23. The van der Waals surface area contributed by atoms with E-state index in [1.54, 1.807) is 30.3 Å². The fourth-order valence-electron chi connectivity index (χ4n) is 1.98. The topological polar surface area (TPSA) is 68.5 Å². The van der Waals surface area contributed by atoms with Gasteiger partial charge < -0.3 is 15.4 Å². The molecule has 0 spiro atoms. The lowest BCUT2D eigenvalue weighted by atomic mass is 10.1. The Balaban J connectivity index is 2.22. The molecular weight excluding hydrogens is 242 g/mol. The van der Waals surface area contributed by atoms with Gasteiger partial charge in [0.2, 0.25) is 0 Å². The van der Waals surface area contributed by atoms with E-state index in [9.17, 15) is 4.79 Å². The zero-order chi connectivity index (χ0) is 13.7. The average Bonchev–Trinajstić information content (AvgIpc) is 2.98. The van der Waals surface area contributed by atoms with Gasteiger partial charge in [-0.3, -0.25) is 4.79 Å². The van der Waals surface area contributed by atoms with Gasteiger partial charge in [0.1, 0.15) is 5.69 Å². The zero-order valence-corrected chi connectivity index (χ0v) is 10.9. The van der Waals surface area contributed by atoms with Crippen LogP contribution in [0.4, 0.5) is 0 Å². The highest BCUT2D eigenvalue weighted by molar-refractivity contribution is 5.94. The third kappa shape index (κ3) is 3.11. The predicted molar refractivity (Wildman–Crippen MR) is 71.5 cm³/mol. The van der Waals surface area contributed by atoms with Gasteiger partial charge in [-0.15, -0.1) is 0 Å². The van der Waals surface area contributed by atoms with Crippen molar-refractivity contribution >= 4 is 5.91 Å². The van der Waals surface area contributed by atoms with Crippen LogP contribution in [0.15, 0.2) is 18.3 Å². The standard InChI is InChI=1S/C14H17N3O2/c1-17(12-6-9-19-10-12)14(18)13-11(4-2-7-15)5-3-8-16-13/h3,5,8,12H,6-7,9-10,15H2,1H3. The molecule has 1 atom stereocenters. The molecular formula is C14H17N3O2. The molecule has 2 rings (SSSR count). The van der Waals surface area contributed by atoms with Gasteiger partial charge in [-0.05, 0) is 18.6 Å². The molecule has 0 saturated carbocycles. The molecule has 2 heterocycles. The van der Waals surface area contributed by atoms with E-state index in [4.69, 9.17) is 10.5 Å². The second-order valence-corrected chi connectivity index (χ2v) is 4.34. The first-order chi connectivity index (χ1) is 9.24. The summed E-state index contributed by atoms with van der Waals surface area (Å²) in [6.45, 7) is 1.54. The maximum Gasteiger partial charge on any atom is 0.273 e. The van der Waals surface area contributed by atoms with Crippen LogP contribution in [0.1, 0.15) is 22.5 Å². The summed E-state index contributed by atoms with van der Waals surface area (Å²) >= 11 is 0. The second kappa shape index (κ2) is 6.32. The van der Waals surface area contributed by atoms with Gasteiger partial charge in [0, 0.05) is 19.9 Å². The lowest BCUT2D eigenvalue weighted by Crippen LogP contribution is -2.38. The van der Waals surface area contributed by atoms with Crippen LogP contribution in [-0.4, -0.2) is 48.6 Å². The molecule has 2 N–H and O–H groups in total. The Bertz CT molecular complexity index is 513. The van der Waals surface area contributed by atoms with E-state index in [1.165, 1.54) is 0 Å². The summed E-state index contributed by atoms with van der Waals surface area (Å²) in [6, 6.07) is 3.66.